The fraction of sp³-hybridized carbons (Fsp3) is 0.333. The van der Waals surface area contributed by atoms with Crippen molar-refractivity contribution in [1.29, 1.82) is 5.26 Å². The fourth-order valence-corrected chi connectivity index (χ4v) is 5.18. The Morgan fingerprint density at radius 3 is 2.67 bits per heavy atom. The maximum atomic E-state index is 10.4. The van der Waals surface area contributed by atoms with Crippen molar-refractivity contribution in [3.63, 3.8) is 0 Å². The molecule has 0 amide bonds. The third-order valence-electron chi connectivity index (χ3n) is 5.17. The first-order chi connectivity index (χ1) is 14.5. The number of thiophene rings is 1. The average molecular weight is 445 g/mol. The van der Waals surface area contributed by atoms with E-state index in [1.54, 1.807) is 40.9 Å². The second kappa shape index (κ2) is 8.91. The predicted molar refractivity (Wildman–Crippen MR) is 112 cm³/mol. The molecular formula is C21H20N2O5S2. The highest BCUT2D eigenvalue weighted by atomic mass is 32.1. The number of hydrogen-bond acceptors (Lipinski definition) is 9. The Bertz CT molecular complexity index is 1040. The second-order valence-electron chi connectivity index (χ2n) is 7.08. The number of aliphatic hydroxyl groups excluding tert-OH is 4. The average Bonchev–Trinajstić information content (AvgIpc) is 3.44. The quantitative estimate of drug-likeness (QED) is 0.473. The molecule has 3 aromatic rings. The molecule has 4 N–H and O–H groups in total. The van der Waals surface area contributed by atoms with Crippen molar-refractivity contribution in [3.8, 4) is 16.5 Å². The summed E-state index contributed by atoms with van der Waals surface area (Å²) in [5.74, 6) is 0. The first kappa shape index (κ1) is 21.1. The summed E-state index contributed by atoms with van der Waals surface area (Å²) in [6.45, 7) is -0.491. The van der Waals surface area contributed by atoms with Gasteiger partial charge in [0, 0.05) is 18.2 Å². The van der Waals surface area contributed by atoms with Gasteiger partial charge in [0.15, 0.2) is 0 Å². The molecule has 1 saturated heterocycles. The lowest BCUT2D eigenvalue weighted by Gasteiger charge is -2.40. The van der Waals surface area contributed by atoms with Crippen LogP contribution in [0.1, 0.15) is 27.8 Å². The van der Waals surface area contributed by atoms with Gasteiger partial charge in [0.1, 0.15) is 30.5 Å². The number of benzene rings is 1. The summed E-state index contributed by atoms with van der Waals surface area (Å²) in [5, 5.41) is 54.3. The van der Waals surface area contributed by atoms with Gasteiger partial charge in [-0.25, -0.2) is 4.98 Å². The van der Waals surface area contributed by atoms with Crippen LogP contribution in [0.15, 0.2) is 41.2 Å². The van der Waals surface area contributed by atoms with Crippen molar-refractivity contribution in [1.82, 2.24) is 4.98 Å². The van der Waals surface area contributed by atoms with E-state index in [1.807, 2.05) is 17.6 Å². The molecule has 5 atom stereocenters. The van der Waals surface area contributed by atoms with Crippen molar-refractivity contribution in [2.45, 2.75) is 36.9 Å². The molecule has 0 unspecified atom stereocenters. The van der Waals surface area contributed by atoms with Gasteiger partial charge in [-0.2, -0.15) is 16.6 Å². The van der Waals surface area contributed by atoms with E-state index < -0.39 is 37.1 Å². The largest absolute Gasteiger partial charge is 0.394 e. The van der Waals surface area contributed by atoms with Crippen LogP contribution in [0.2, 0.25) is 0 Å². The van der Waals surface area contributed by atoms with Crippen molar-refractivity contribution >= 4 is 22.7 Å². The van der Waals surface area contributed by atoms with Crippen LogP contribution in [0.5, 0.6) is 0 Å². The Hall–Kier alpha value is -2.16. The molecular weight excluding hydrogens is 424 g/mol. The van der Waals surface area contributed by atoms with Gasteiger partial charge in [-0.05, 0) is 34.0 Å². The summed E-state index contributed by atoms with van der Waals surface area (Å²) in [6, 6.07) is 9.23. The maximum absolute atomic E-state index is 10.4. The number of nitrogens with zero attached hydrogens (tertiary/aromatic N) is 2. The maximum Gasteiger partial charge on any atom is 0.113 e. The minimum Gasteiger partial charge on any atom is -0.394 e. The van der Waals surface area contributed by atoms with Crippen LogP contribution in [-0.2, 0) is 11.2 Å². The predicted octanol–water partition coefficient (Wildman–Crippen LogP) is 1.85. The van der Waals surface area contributed by atoms with Gasteiger partial charge in [-0.1, -0.05) is 12.1 Å². The molecule has 0 aliphatic carbocycles. The zero-order chi connectivity index (χ0) is 21.3. The molecule has 9 heteroatoms. The number of rotatable bonds is 5. The molecule has 1 fully saturated rings. The van der Waals surface area contributed by atoms with E-state index in [1.165, 1.54) is 0 Å². The lowest BCUT2D eigenvalue weighted by molar-refractivity contribution is -0.231. The monoisotopic (exact) mass is 444 g/mol. The Kier molecular flexibility index (Phi) is 6.26. The second-order valence-corrected chi connectivity index (χ2v) is 8.98. The zero-order valence-corrected chi connectivity index (χ0v) is 17.4. The lowest BCUT2D eigenvalue weighted by Crippen LogP contribution is -2.55. The minimum absolute atomic E-state index is 0.433. The molecule has 7 nitrogen and oxygen atoms in total. The van der Waals surface area contributed by atoms with Crippen LogP contribution in [-0.4, -0.2) is 56.4 Å². The van der Waals surface area contributed by atoms with E-state index in [2.05, 4.69) is 16.4 Å². The van der Waals surface area contributed by atoms with Crippen LogP contribution in [0.3, 0.4) is 0 Å². The minimum atomic E-state index is -1.45. The van der Waals surface area contributed by atoms with Gasteiger partial charge in [0.05, 0.1) is 28.1 Å². The fourth-order valence-electron chi connectivity index (χ4n) is 3.52. The molecule has 30 heavy (non-hydrogen) atoms. The molecule has 1 aliphatic heterocycles. The van der Waals surface area contributed by atoms with E-state index in [0.717, 1.165) is 21.0 Å². The summed E-state index contributed by atoms with van der Waals surface area (Å²) < 4.78 is 5.64. The van der Waals surface area contributed by atoms with E-state index >= 15 is 0 Å². The first-order valence-electron chi connectivity index (χ1n) is 9.32. The number of thiazole rings is 1. The standard InChI is InChI=1S/C21H20N2O5S2/c22-7-12-2-1-11(21-20(27)19(26)18(25)15(9-24)28-21)5-14(12)6-17-23-8-16(30-17)13-3-4-29-10-13/h1-5,8,10,15,18-21,24-27H,6,9H2/t15-,18-,19+,20+,21+/m1/s1. The van der Waals surface area contributed by atoms with Gasteiger partial charge in [0.25, 0.3) is 0 Å². The van der Waals surface area contributed by atoms with Crippen molar-refractivity contribution < 1.29 is 25.2 Å². The molecule has 1 aromatic carbocycles. The summed E-state index contributed by atoms with van der Waals surface area (Å²) >= 11 is 3.17. The van der Waals surface area contributed by atoms with E-state index in [4.69, 9.17) is 4.74 Å². The molecule has 4 rings (SSSR count). The Morgan fingerprint density at radius 2 is 1.97 bits per heavy atom. The number of hydrogen-bond donors (Lipinski definition) is 4. The highest BCUT2D eigenvalue weighted by molar-refractivity contribution is 7.15. The van der Waals surface area contributed by atoms with E-state index in [0.29, 0.717) is 17.5 Å². The molecule has 2 aromatic heterocycles. The Labute approximate surface area is 181 Å². The topological polar surface area (TPSA) is 127 Å². The summed E-state index contributed by atoms with van der Waals surface area (Å²) in [7, 11) is 0. The highest BCUT2D eigenvalue weighted by Crippen LogP contribution is 2.34. The Balaban J connectivity index is 1.62. The van der Waals surface area contributed by atoms with Crippen LogP contribution in [0.4, 0.5) is 0 Å². The molecule has 3 heterocycles. The van der Waals surface area contributed by atoms with Gasteiger partial charge in [0.2, 0.25) is 0 Å². The van der Waals surface area contributed by atoms with Gasteiger partial charge in [-0.15, -0.1) is 11.3 Å². The van der Waals surface area contributed by atoms with Crippen molar-refractivity contribution in [2.24, 2.45) is 0 Å². The van der Waals surface area contributed by atoms with Crippen LogP contribution in [0.25, 0.3) is 10.4 Å². The molecule has 1 aliphatic rings. The highest BCUT2D eigenvalue weighted by Gasteiger charge is 2.44. The number of ether oxygens (including phenoxy) is 1. The summed E-state index contributed by atoms with van der Waals surface area (Å²) in [4.78, 5) is 5.53. The van der Waals surface area contributed by atoms with Crippen molar-refractivity contribution in [2.75, 3.05) is 6.61 Å². The lowest BCUT2D eigenvalue weighted by atomic mass is 9.89. The molecule has 156 valence electrons. The molecule has 0 saturated carbocycles. The zero-order valence-electron chi connectivity index (χ0n) is 15.8. The van der Waals surface area contributed by atoms with E-state index in [-0.39, 0.29) is 0 Å². The van der Waals surface area contributed by atoms with Crippen molar-refractivity contribution in [3.05, 3.63) is 62.9 Å². The van der Waals surface area contributed by atoms with Crippen LogP contribution in [0, 0.1) is 11.3 Å². The first-order valence-corrected chi connectivity index (χ1v) is 11.1. The third-order valence-corrected chi connectivity index (χ3v) is 6.90. The number of nitriles is 1. The van der Waals surface area contributed by atoms with Gasteiger partial charge < -0.3 is 25.2 Å². The van der Waals surface area contributed by atoms with Gasteiger partial charge >= 0.3 is 0 Å². The third kappa shape index (κ3) is 4.04. The molecule has 0 bridgehead atoms. The molecule has 0 radical (unpaired) electrons. The van der Waals surface area contributed by atoms with Crippen LogP contribution >= 0.6 is 22.7 Å². The van der Waals surface area contributed by atoms with E-state index in [9.17, 15) is 25.7 Å². The molecule has 0 spiro atoms. The summed E-state index contributed by atoms with van der Waals surface area (Å²) in [6.07, 6.45) is -3.91. The number of aliphatic hydroxyl groups is 4. The normalized spacial score (nSPS) is 26.4. The number of aromatic nitrogens is 1. The Morgan fingerprint density at radius 1 is 1.13 bits per heavy atom. The SMILES string of the molecule is N#Cc1ccc([C@@H]2O[C@H](CO)[C@@H](O)[C@H](O)[C@@H]2O)cc1Cc1ncc(-c2ccsc2)s1. The van der Waals surface area contributed by atoms with Gasteiger partial charge in [-0.3, -0.25) is 0 Å². The summed E-state index contributed by atoms with van der Waals surface area (Å²) in [5.41, 5.74) is 2.86. The van der Waals surface area contributed by atoms with Crippen LogP contribution < -0.4 is 0 Å². The smallest absolute Gasteiger partial charge is 0.113 e.